The van der Waals surface area contributed by atoms with E-state index in [1.165, 1.54) is 10.7 Å². The first kappa shape index (κ1) is 13.0. The molecule has 0 saturated heterocycles. The van der Waals surface area contributed by atoms with E-state index < -0.39 is 17.1 Å². The lowest BCUT2D eigenvalue weighted by Crippen LogP contribution is -2.22. The van der Waals surface area contributed by atoms with Crippen molar-refractivity contribution in [2.45, 2.75) is 6.92 Å². The van der Waals surface area contributed by atoms with Gasteiger partial charge in [-0.05, 0) is 19.1 Å². The van der Waals surface area contributed by atoms with Crippen molar-refractivity contribution in [2.24, 2.45) is 0 Å². The van der Waals surface area contributed by atoms with E-state index in [1.54, 1.807) is 19.2 Å². The van der Waals surface area contributed by atoms with Crippen LogP contribution in [0.2, 0.25) is 0 Å². The predicted octanol–water partition coefficient (Wildman–Crippen LogP) is 1.79. The third-order valence-electron chi connectivity index (χ3n) is 3.15. The number of aromatic carboxylic acids is 1. The van der Waals surface area contributed by atoms with Crippen molar-refractivity contribution >= 4 is 16.9 Å². The van der Waals surface area contributed by atoms with Crippen LogP contribution >= 0.6 is 0 Å². The number of hydrogen-bond acceptors (Lipinski definition) is 4. The Hall–Kier alpha value is -3.02. The Balaban J connectivity index is 2.35. The second-order valence-corrected chi connectivity index (χ2v) is 4.57. The number of benzene rings is 1. The quantitative estimate of drug-likeness (QED) is 0.774. The van der Waals surface area contributed by atoms with Gasteiger partial charge in [-0.25, -0.2) is 9.48 Å². The number of hydrogen-bond donors (Lipinski definition) is 1. The van der Waals surface area contributed by atoms with Gasteiger partial charge in [-0.3, -0.25) is 9.78 Å². The summed E-state index contributed by atoms with van der Waals surface area (Å²) in [6.45, 7) is 1.70. The van der Waals surface area contributed by atoms with Gasteiger partial charge in [0.15, 0.2) is 0 Å². The van der Waals surface area contributed by atoms with Crippen LogP contribution in [0.15, 0.2) is 47.4 Å². The predicted molar refractivity (Wildman–Crippen MR) is 76.8 cm³/mol. The zero-order valence-electron chi connectivity index (χ0n) is 11.1. The Kier molecular flexibility index (Phi) is 2.98. The summed E-state index contributed by atoms with van der Waals surface area (Å²) in [5.74, 6) is -1.35. The van der Waals surface area contributed by atoms with E-state index in [1.807, 2.05) is 24.3 Å². The topological polar surface area (TPSA) is 85.1 Å². The largest absolute Gasteiger partial charge is 0.476 e. The van der Waals surface area contributed by atoms with E-state index in [0.29, 0.717) is 16.9 Å². The number of aryl methyl sites for hydroxylation is 1. The van der Waals surface area contributed by atoms with Crippen molar-refractivity contribution in [3.8, 4) is 5.69 Å². The van der Waals surface area contributed by atoms with E-state index in [2.05, 4.69) is 10.1 Å². The van der Waals surface area contributed by atoms with Gasteiger partial charge in [-0.15, -0.1) is 0 Å². The van der Waals surface area contributed by atoms with Gasteiger partial charge >= 0.3 is 5.97 Å². The minimum Gasteiger partial charge on any atom is -0.476 e. The van der Waals surface area contributed by atoms with E-state index in [4.69, 9.17) is 5.11 Å². The summed E-state index contributed by atoms with van der Waals surface area (Å²) in [6, 6.07) is 10.5. The van der Waals surface area contributed by atoms with Gasteiger partial charge < -0.3 is 5.11 Å². The van der Waals surface area contributed by atoms with Crippen molar-refractivity contribution in [1.82, 2.24) is 14.8 Å². The lowest BCUT2D eigenvalue weighted by Gasteiger charge is -2.11. The van der Waals surface area contributed by atoms with E-state index >= 15 is 0 Å². The average molecular weight is 281 g/mol. The zero-order valence-corrected chi connectivity index (χ0v) is 11.1. The molecule has 0 amide bonds. The number of aromatic nitrogens is 3. The lowest BCUT2D eigenvalue weighted by molar-refractivity contribution is 0.0686. The first-order chi connectivity index (χ1) is 10.1. The van der Waals surface area contributed by atoms with Gasteiger partial charge in [0.1, 0.15) is 0 Å². The summed E-state index contributed by atoms with van der Waals surface area (Å²) in [7, 11) is 0. The number of nitrogens with zero attached hydrogens (tertiary/aromatic N) is 3. The third kappa shape index (κ3) is 2.16. The van der Waals surface area contributed by atoms with Crippen LogP contribution in [-0.2, 0) is 0 Å². The SMILES string of the molecule is Cc1cc(=O)c(C(=O)O)nn1-c1cccc2cccnc12. The molecule has 0 aliphatic rings. The molecule has 104 valence electrons. The van der Waals surface area contributed by atoms with Crippen molar-refractivity contribution in [2.75, 3.05) is 0 Å². The fraction of sp³-hybridized carbons (Fsp3) is 0.0667. The highest BCUT2D eigenvalue weighted by Gasteiger charge is 2.15. The molecule has 1 aromatic carbocycles. The average Bonchev–Trinajstić information content (AvgIpc) is 2.46. The summed E-state index contributed by atoms with van der Waals surface area (Å²) in [6.07, 6.45) is 1.65. The second-order valence-electron chi connectivity index (χ2n) is 4.57. The molecule has 0 atom stereocenters. The summed E-state index contributed by atoms with van der Waals surface area (Å²) in [4.78, 5) is 27.1. The third-order valence-corrected chi connectivity index (χ3v) is 3.15. The number of carboxylic acid groups (broad SMARTS) is 1. The van der Waals surface area contributed by atoms with Crippen LogP contribution in [0.1, 0.15) is 16.2 Å². The monoisotopic (exact) mass is 281 g/mol. The van der Waals surface area contributed by atoms with Gasteiger partial charge in [0, 0.05) is 23.3 Å². The summed E-state index contributed by atoms with van der Waals surface area (Å²) < 4.78 is 1.43. The van der Waals surface area contributed by atoms with Gasteiger partial charge in [0.05, 0.1) is 11.2 Å². The summed E-state index contributed by atoms with van der Waals surface area (Å²) in [5, 5.41) is 13.9. The van der Waals surface area contributed by atoms with Gasteiger partial charge in [-0.1, -0.05) is 18.2 Å². The molecule has 2 aromatic heterocycles. The molecule has 0 spiro atoms. The lowest BCUT2D eigenvalue weighted by atomic mass is 10.2. The molecule has 0 saturated carbocycles. The Bertz CT molecular complexity index is 910. The highest BCUT2D eigenvalue weighted by molar-refractivity contribution is 5.87. The minimum absolute atomic E-state index is 0.506. The van der Waals surface area contributed by atoms with Crippen LogP contribution in [0.4, 0.5) is 0 Å². The molecule has 2 heterocycles. The van der Waals surface area contributed by atoms with Crippen molar-refractivity contribution in [3.63, 3.8) is 0 Å². The van der Waals surface area contributed by atoms with E-state index in [9.17, 15) is 9.59 Å². The molecular weight excluding hydrogens is 270 g/mol. The van der Waals surface area contributed by atoms with Crippen LogP contribution in [0.3, 0.4) is 0 Å². The van der Waals surface area contributed by atoms with Crippen LogP contribution in [0, 0.1) is 6.92 Å². The number of carbonyl (C=O) groups is 1. The molecule has 0 bridgehead atoms. The molecule has 0 radical (unpaired) electrons. The first-order valence-electron chi connectivity index (χ1n) is 6.26. The molecule has 6 nitrogen and oxygen atoms in total. The molecule has 3 aromatic rings. The molecule has 0 fully saturated rings. The van der Waals surface area contributed by atoms with Gasteiger partial charge in [-0.2, -0.15) is 5.10 Å². The van der Waals surface area contributed by atoms with Crippen LogP contribution in [0.25, 0.3) is 16.6 Å². The van der Waals surface area contributed by atoms with Crippen LogP contribution < -0.4 is 5.43 Å². The molecule has 6 heteroatoms. The zero-order chi connectivity index (χ0) is 15.0. The summed E-state index contributed by atoms with van der Waals surface area (Å²) in [5.41, 5.74) is 0.754. The van der Waals surface area contributed by atoms with E-state index in [0.717, 1.165) is 5.39 Å². The molecular formula is C15H11N3O3. The van der Waals surface area contributed by atoms with Crippen molar-refractivity contribution in [1.29, 1.82) is 0 Å². The van der Waals surface area contributed by atoms with Crippen LogP contribution in [-0.4, -0.2) is 25.8 Å². The first-order valence-corrected chi connectivity index (χ1v) is 6.26. The number of carboxylic acids is 1. The van der Waals surface area contributed by atoms with Crippen molar-refractivity contribution in [3.05, 3.63) is 64.2 Å². The maximum absolute atomic E-state index is 11.7. The highest BCUT2D eigenvalue weighted by Crippen LogP contribution is 2.19. The van der Waals surface area contributed by atoms with Crippen molar-refractivity contribution < 1.29 is 9.90 Å². The molecule has 21 heavy (non-hydrogen) atoms. The fourth-order valence-electron chi connectivity index (χ4n) is 2.20. The standard InChI is InChI=1S/C15H11N3O3/c1-9-8-12(19)14(15(20)21)17-18(9)11-6-2-4-10-5-3-7-16-13(10)11/h2-8H,1H3,(H,20,21). The smallest absolute Gasteiger partial charge is 0.360 e. The minimum atomic E-state index is -1.35. The maximum atomic E-state index is 11.7. The second kappa shape index (κ2) is 4.82. The fourth-order valence-corrected chi connectivity index (χ4v) is 2.20. The van der Waals surface area contributed by atoms with E-state index in [-0.39, 0.29) is 0 Å². The Labute approximate surface area is 119 Å². The Morgan fingerprint density at radius 2 is 2.00 bits per heavy atom. The normalized spacial score (nSPS) is 10.7. The molecule has 3 rings (SSSR count). The number of para-hydroxylation sites is 1. The molecule has 0 unspecified atom stereocenters. The molecule has 1 N–H and O–H groups in total. The maximum Gasteiger partial charge on any atom is 0.360 e. The summed E-state index contributed by atoms with van der Waals surface area (Å²) >= 11 is 0. The number of fused-ring (bicyclic) bond motifs is 1. The van der Waals surface area contributed by atoms with Gasteiger partial charge in [0.25, 0.3) is 0 Å². The number of pyridine rings is 1. The number of rotatable bonds is 2. The van der Waals surface area contributed by atoms with Gasteiger partial charge in [0.2, 0.25) is 11.1 Å². The van der Waals surface area contributed by atoms with Crippen LogP contribution in [0.5, 0.6) is 0 Å². The molecule has 0 aliphatic carbocycles. The Morgan fingerprint density at radius 3 is 2.76 bits per heavy atom. The highest BCUT2D eigenvalue weighted by atomic mass is 16.4. The Morgan fingerprint density at radius 1 is 1.24 bits per heavy atom. The molecule has 0 aliphatic heterocycles.